The molecule has 1 aliphatic rings. The highest BCUT2D eigenvalue weighted by atomic mass is 32.2. The number of nitro groups is 1. The quantitative estimate of drug-likeness (QED) is 0.243. The third-order valence-corrected chi connectivity index (χ3v) is 5.73. The van der Waals surface area contributed by atoms with Gasteiger partial charge in [0.1, 0.15) is 0 Å². The minimum absolute atomic E-state index is 0.173. The highest BCUT2D eigenvalue weighted by Crippen LogP contribution is 2.37. The molecular weight excluding hydrogens is 378 g/mol. The summed E-state index contributed by atoms with van der Waals surface area (Å²) in [6.07, 6.45) is 0.799. The van der Waals surface area contributed by atoms with E-state index < -0.39 is 0 Å². The van der Waals surface area contributed by atoms with Crippen molar-refractivity contribution in [1.82, 2.24) is 0 Å². The molecule has 0 fully saturated rings. The van der Waals surface area contributed by atoms with Gasteiger partial charge in [-0.05, 0) is 59.0 Å². The predicted molar refractivity (Wildman–Crippen MR) is 118 cm³/mol. The molecule has 0 aromatic heterocycles. The number of rotatable bonds is 3. The molecule has 5 rings (SSSR count). The standard InChI is InChI=1S/C13H9NO2.C12H10S/c15-14(16)11-5-6-13-10(8-11)7-9-3-1-2-4-12(9)13;1-3-7-11(8-4-1)13-12-9-5-2-6-10-12/h1-6,8H,7H2;1-10H. The molecule has 0 aliphatic heterocycles. The molecule has 0 N–H and O–H groups in total. The molecular formula is C25H19NO2S. The minimum atomic E-state index is -0.344. The number of hydrogen-bond acceptors (Lipinski definition) is 3. The van der Waals surface area contributed by atoms with Gasteiger partial charge in [-0.2, -0.15) is 0 Å². The van der Waals surface area contributed by atoms with Crippen molar-refractivity contribution in [2.45, 2.75) is 16.2 Å². The lowest BCUT2D eigenvalue weighted by Crippen LogP contribution is -1.89. The number of non-ortho nitro benzene ring substituents is 1. The summed E-state index contributed by atoms with van der Waals surface area (Å²) >= 11 is 1.79. The van der Waals surface area contributed by atoms with Crippen molar-refractivity contribution in [1.29, 1.82) is 0 Å². The molecule has 0 heterocycles. The van der Waals surface area contributed by atoms with Gasteiger partial charge < -0.3 is 0 Å². The summed E-state index contributed by atoms with van der Waals surface area (Å²) in [5.74, 6) is 0. The van der Waals surface area contributed by atoms with Crippen LogP contribution in [0.25, 0.3) is 11.1 Å². The fourth-order valence-corrected chi connectivity index (χ4v) is 4.22. The molecule has 0 saturated carbocycles. The van der Waals surface area contributed by atoms with E-state index >= 15 is 0 Å². The van der Waals surface area contributed by atoms with E-state index in [0.29, 0.717) is 0 Å². The summed E-state index contributed by atoms with van der Waals surface area (Å²) in [7, 11) is 0. The Morgan fingerprint density at radius 1 is 0.655 bits per heavy atom. The maximum atomic E-state index is 10.7. The molecule has 29 heavy (non-hydrogen) atoms. The molecule has 4 aromatic rings. The first-order valence-corrected chi connectivity index (χ1v) is 10.2. The SMILES string of the molecule is O=[N+]([O-])c1ccc2c(c1)Cc1ccccc1-2.c1ccc(Sc2ccccc2)cc1. The summed E-state index contributed by atoms with van der Waals surface area (Å²) in [6.45, 7) is 0. The van der Waals surface area contributed by atoms with Crippen LogP contribution >= 0.6 is 11.8 Å². The molecule has 0 amide bonds. The molecule has 0 spiro atoms. The summed E-state index contributed by atoms with van der Waals surface area (Å²) in [5.41, 5.74) is 4.80. The van der Waals surface area contributed by atoms with E-state index in [2.05, 4.69) is 60.7 Å². The molecule has 0 unspecified atom stereocenters. The second-order valence-corrected chi connectivity index (χ2v) is 7.81. The first-order valence-electron chi connectivity index (χ1n) is 9.34. The number of nitrogens with zero attached hydrogens (tertiary/aromatic N) is 1. The number of benzene rings is 4. The van der Waals surface area contributed by atoms with Gasteiger partial charge in [0.15, 0.2) is 0 Å². The van der Waals surface area contributed by atoms with E-state index in [0.717, 1.165) is 17.5 Å². The smallest absolute Gasteiger partial charge is 0.258 e. The van der Waals surface area contributed by atoms with Crippen molar-refractivity contribution >= 4 is 17.4 Å². The van der Waals surface area contributed by atoms with Crippen LogP contribution in [-0.2, 0) is 6.42 Å². The topological polar surface area (TPSA) is 43.1 Å². The minimum Gasteiger partial charge on any atom is -0.258 e. The summed E-state index contributed by atoms with van der Waals surface area (Å²) < 4.78 is 0. The van der Waals surface area contributed by atoms with Crippen LogP contribution in [-0.4, -0.2) is 4.92 Å². The fourth-order valence-electron chi connectivity index (χ4n) is 3.36. The van der Waals surface area contributed by atoms with Crippen molar-refractivity contribution in [3.63, 3.8) is 0 Å². The molecule has 0 bridgehead atoms. The Balaban J connectivity index is 0.000000145. The Morgan fingerprint density at radius 3 is 1.83 bits per heavy atom. The molecule has 0 saturated heterocycles. The van der Waals surface area contributed by atoms with Crippen molar-refractivity contribution in [3.8, 4) is 11.1 Å². The Morgan fingerprint density at radius 2 is 1.21 bits per heavy atom. The third kappa shape index (κ3) is 4.55. The third-order valence-electron chi connectivity index (χ3n) is 4.71. The number of nitro benzene ring substituents is 1. The van der Waals surface area contributed by atoms with Crippen molar-refractivity contribution < 1.29 is 4.92 Å². The van der Waals surface area contributed by atoms with E-state index in [1.165, 1.54) is 20.9 Å². The van der Waals surface area contributed by atoms with Crippen LogP contribution < -0.4 is 0 Å². The summed E-state index contributed by atoms with van der Waals surface area (Å²) in [5, 5.41) is 10.7. The van der Waals surface area contributed by atoms with Crippen LogP contribution in [0.3, 0.4) is 0 Å². The summed E-state index contributed by atoms with van der Waals surface area (Å²) in [4.78, 5) is 12.9. The maximum Gasteiger partial charge on any atom is 0.269 e. The first-order chi connectivity index (χ1) is 14.2. The van der Waals surface area contributed by atoms with E-state index in [1.807, 2.05) is 30.3 Å². The zero-order valence-corrected chi connectivity index (χ0v) is 16.5. The largest absolute Gasteiger partial charge is 0.269 e. The second-order valence-electron chi connectivity index (χ2n) is 6.66. The van der Waals surface area contributed by atoms with Gasteiger partial charge >= 0.3 is 0 Å². The Labute approximate surface area is 174 Å². The predicted octanol–water partition coefficient (Wildman–Crippen LogP) is 7.00. The Bertz CT molecular complexity index is 1090. The van der Waals surface area contributed by atoms with Gasteiger partial charge in [0, 0.05) is 21.9 Å². The van der Waals surface area contributed by atoms with Crippen LogP contribution in [0.2, 0.25) is 0 Å². The van der Waals surface area contributed by atoms with Gasteiger partial charge in [0.25, 0.3) is 5.69 Å². The van der Waals surface area contributed by atoms with Gasteiger partial charge in [-0.1, -0.05) is 72.4 Å². The normalized spacial score (nSPS) is 11.0. The van der Waals surface area contributed by atoms with Gasteiger partial charge in [-0.15, -0.1) is 0 Å². The molecule has 142 valence electrons. The summed E-state index contributed by atoms with van der Waals surface area (Å²) in [6, 6.07) is 34.0. The first kappa shape index (κ1) is 19.0. The van der Waals surface area contributed by atoms with Gasteiger partial charge in [0.2, 0.25) is 0 Å². The van der Waals surface area contributed by atoms with Crippen LogP contribution in [0.15, 0.2) is 113 Å². The second kappa shape index (κ2) is 8.76. The lowest BCUT2D eigenvalue weighted by Gasteiger charge is -1.99. The van der Waals surface area contributed by atoms with Crippen LogP contribution in [0.4, 0.5) is 5.69 Å². The van der Waals surface area contributed by atoms with Crippen molar-refractivity contribution in [2.75, 3.05) is 0 Å². The lowest BCUT2D eigenvalue weighted by atomic mass is 10.1. The van der Waals surface area contributed by atoms with Crippen LogP contribution in [0.1, 0.15) is 11.1 Å². The zero-order valence-electron chi connectivity index (χ0n) is 15.7. The highest BCUT2D eigenvalue weighted by Gasteiger charge is 2.20. The molecule has 4 heteroatoms. The lowest BCUT2D eigenvalue weighted by molar-refractivity contribution is -0.384. The zero-order chi connectivity index (χ0) is 20.1. The Kier molecular flexibility index (Phi) is 5.73. The molecule has 0 atom stereocenters. The molecule has 3 nitrogen and oxygen atoms in total. The van der Waals surface area contributed by atoms with Crippen LogP contribution in [0.5, 0.6) is 0 Å². The van der Waals surface area contributed by atoms with E-state index in [4.69, 9.17) is 0 Å². The van der Waals surface area contributed by atoms with Crippen LogP contribution in [0, 0.1) is 10.1 Å². The monoisotopic (exact) mass is 397 g/mol. The van der Waals surface area contributed by atoms with E-state index in [9.17, 15) is 10.1 Å². The molecule has 0 radical (unpaired) electrons. The number of hydrogen-bond donors (Lipinski definition) is 0. The number of fused-ring (bicyclic) bond motifs is 3. The van der Waals surface area contributed by atoms with Gasteiger partial charge in [-0.25, -0.2) is 0 Å². The maximum absolute atomic E-state index is 10.7. The van der Waals surface area contributed by atoms with E-state index in [-0.39, 0.29) is 10.6 Å². The van der Waals surface area contributed by atoms with E-state index in [1.54, 1.807) is 23.9 Å². The molecule has 1 aliphatic carbocycles. The molecule has 4 aromatic carbocycles. The van der Waals surface area contributed by atoms with Crippen molar-refractivity contribution in [3.05, 3.63) is 124 Å². The van der Waals surface area contributed by atoms with Crippen molar-refractivity contribution in [2.24, 2.45) is 0 Å². The van der Waals surface area contributed by atoms with Gasteiger partial charge in [-0.3, -0.25) is 10.1 Å². The highest BCUT2D eigenvalue weighted by molar-refractivity contribution is 7.99. The average molecular weight is 397 g/mol. The fraction of sp³-hybridized carbons (Fsp3) is 0.0400. The van der Waals surface area contributed by atoms with Gasteiger partial charge in [0.05, 0.1) is 4.92 Å². The Hall–Kier alpha value is -3.37. The average Bonchev–Trinajstić information content (AvgIpc) is 3.13.